The molecule has 0 spiro atoms. The molecule has 0 bridgehead atoms. The number of aromatic amines is 1. The number of aromatic nitrogens is 1. The number of hydrogen-bond acceptors (Lipinski definition) is 5. The summed E-state index contributed by atoms with van der Waals surface area (Å²) in [5.41, 5.74) is 3.13. The number of ether oxygens (including phenoxy) is 1. The quantitative estimate of drug-likeness (QED) is 0.317. The van der Waals surface area contributed by atoms with Gasteiger partial charge in [0.25, 0.3) is 17.7 Å². The van der Waals surface area contributed by atoms with Crippen molar-refractivity contribution >= 4 is 41.0 Å². The van der Waals surface area contributed by atoms with Crippen LogP contribution in [0.5, 0.6) is 0 Å². The minimum atomic E-state index is -1.15. The van der Waals surface area contributed by atoms with Crippen molar-refractivity contribution in [3.63, 3.8) is 0 Å². The first-order valence-electron chi connectivity index (χ1n) is 11.7. The van der Waals surface area contributed by atoms with E-state index in [0.717, 1.165) is 0 Å². The Morgan fingerprint density at radius 3 is 2.78 bits per heavy atom. The van der Waals surface area contributed by atoms with Gasteiger partial charge in [-0.3, -0.25) is 14.4 Å². The molecule has 10 nitrogen and oxygen atoms in total. The highest BCUT2D eigenvalue weighted by atomic mass is 19.1. The molecule has 0 aliphatic carbocycles. The first kappa shape index (κ1) is 25.8. The van der Waals surface area contributed by atoms with Crippen molar-refractivity contribution in [1.29, 1.82) is 0 Å². The second kappa shape index (κ2) is 10.4. The van der Waals surface area contributed by atoms with Crippen LogP contribution in [0.4, 0.5) is 10.1 Å². The number of rotatable bonds is 8. The summed E-state index contributed by atoms with van der Waals surface area (Å²) in [6.07, 6.45) is 3.53. The zero-order valence-corrected chi connectivity index (χ0v) is 20.6. The van der Waals surface area contributed by atoms with Crippen LogP contribution < -0.4 is 10.6 Å². The zero-order chi connectivity index (χ0) is 26.9. The first-order chi connectivity index (χ1) is 17.6. The lowest BCUT2D eigenvalue weighted by Crippen LogP contribution is -2.50. The molecule has 2 aliphatic rings. The van der Waals surface area contributed by atoms with E-state index < -0.39 is 35.7 Å². The van der Waals surface area contributed by atoms with Crippen molar-refractivity contribution in [3.8, 4) is 0 Å². The topological polar surface area (TPSA) is 141 Å². The molecule has 0 saturated carbocycles. The summed E-state index contributed by atoms with van der Waals surface area (Å²) in [6, 6.07) is 2.94. The van der Waals surface area contributed by atoms with Gasteiger partial charge < -0.3 is 30.4 Å². The van der Waals surface area contributed by atoms with Crippen LogP contribution in [0.2, 0.25) is 0 Å². The Morgan fingerprint density at radius 1 is 1.32 bits per heavy atom. The molecule has 2 unspecified atom stereocenters. The van der Waals surface area contributed by atoms with E-state index in [0.29, 0.717) is 33.8 Å². The fourth-order valence-electron chi connectivity index (χ4n) is 4.55. The second-order valence-electron chi connectivity index (χ2n) is 8.72. The second-order valence-corrected chi connectivity index (χ2v) is 8.72. The van der Waals surface area contributed by atoms with E-state index in [1.54, 1.807) is 32.9 Å². The molecule has 0 saturated heterocycles. The van der Waals surface area contributed by atoms with Crippen LogP contribution in [0.3, 0.4) is 0 Å². The summed E-state index contributed by atoms with van der Waals surface area (Å²) in [6.45, 7) is 5.27. The van der Waals surface area contributed by atoms with Gasteiger partial charge in [0.2, 0.25) is 0 Å². The Kier molecular flexibility index (Phi) is 7.25. The number of carboxylic acids is 1. The number of H-pyrrole nitrogens is 1. The molecule has 11 heteroatoms. The Labute approximate surface area is 212 Å². The third-order valence-corrected chi connectivity index (χ3v) is 6.34. The zero-order valence-electron chi connectivity index (χ0n) is 20.6. The molecule has 0 fully saturated rings. The third kappa shape index (κ3) is 5.03. The first-order valence-corrected chi connectivity index (χ1v) is 11.7. The predicted molar refractivity (Wildman–Crippen MR) is 133 cm³/mol. The van der Waals surface area contributed by atoms with Gasteiger partial charge >= 0.3 is 5.97 Å². The van der Waals surface area contributed by atoms with E-state index in [2.05, 4.69) is 15.6 Å². The van der Waals surface area contributed by atoms with Crippen LogP contribution in [0.25, 0.3) is 11.6 Å². The largest absolute Gasteiger partial charge is 0.479 e. The smallest absolute Gasteiger partial charge is 0.330 e. The van der Waals surface area contributed by atoms with Crippen molar-refractivity contribution < 1.29 is 33.4 Å². The van der Waals surface area contributed by atoms with E-state index in [1.807, 2.05) is 0 Å². The van der Waals surface area contributed by atoms with E-state index in [4.69, 9.17) is 4.74 Å². The van der Waals surface area contributed by atoms with Crippen LogP contribution in [0, 0.1) is 19.7 Å². The Hall–Kier alpha value is -4.25. The maximum Gasteiger partial charge on any atom is 0.330 e. The maximum atomic E-state index is 13.8. The van der Waals surface area contributed by atoms with E-state index in [-0.39, 0.29) is 31.2 Å². The summed E-state index contributed by atoms with van der Waals surface area (Å²) in [5.74, 6) is -3.01. The van der Waals surface area contributed by atoms with E-state index >= 15 is 0 Å². The number of halogens is 1. The number of carbonyl (C=O) groups excluding carboxylic acids is 3. The van der Waals surface area contributed by atoms with E-state index in [1.165, 1.54) is 29.2 Å². The minimum absolute atomic E-state index is 0.141. The highest BCUT2D eigenvalue weighted by Gasteiger charge is 2.35. The van der Waals surface area contributed by atoms with Gasteiger partial charge in [-0.05, 0) is 50.6 Å². The number of amides is 3. The molecular weight excluding hydrogens is 483 g/mol. The molecule has 2 aliphatic heterocycles. The predicted octanol–water partition coefficient (Wildman–Crippen LogP) is 2.25. The van der Waals surface area contributed by atoms with Gasteiger partial charge in [0.05, 0.1) is 17.7 Å². The third-order valence-electron chi connectivity index (χ3n) is 6.34. The average Bonchev–Trinajstić information content (AvgIpc) is 3.53. The van der Waals surface area contributed by atoms with Crippen LogP contribution in [-0.2, 0) is 19.1 Å². The highest BCUT2D eigenvalue weighted by molar-refractivity contribution is 6.34. The molecule has 1 aromatic carbocycles. The monoisotopic (exact) mass is 510 g/mol. The Balaban J connectivity index is 1.52. The minimum Gasteiger partial charge on any atom is -0.479 e. The Bertz CT molecular complexity index is 1340. The fourth-order valence-corrected chi connectivity index (χ4v) is 4.55. The number of aliphatic carboxylic acids is 1. The van der Waals surface area contributed by atoms with Gasteiger partial charge in [-0.15, -0.1) is 0 Å². The van der Waals surface area contributed by atoms with Gasteiger partial charge in [0.15, 0.2) is 6.10 Å². The number of fused-ring (bicyclic) bond motifs is 1. The van der Waals surface area contributed by atoms with Crippen molar-refractivity contribution in [2.45, 2.75) is 32.9 Å². The lowest BCUT2D eigenvalue weighted by molar-refractivity contribution is -0.152. The number of carbonyl (C=O) groups is 4. The molecule has 4 rings (SSSR count). The molecular formula is C26H27FN4O6. The molecule has 37 heavy (non-hydrogen) atoms. The lowest BCUT2D eigenvalue weighted by Gasteiger charge is -2.26. The van der Waals surface area contributed by atoms with Crippen molar-refractivity contribution in [2.24, 2.45) is 0 Å². The Morgan fingerprint density at radius 2 is 2.08 bits per heavy atom. The van der Waals surface area contributed by atoms with Crippen molar-refractivity contribution in [2.75, 3.05) is 25.0 Å². The molecule has 2 atom stereocenters. The van der Waals surface area contributed by atoms with Crippen molar-refractivity contribution in [3.05, 3.63) is 64.2 Å². The summed E-state index contributed by atoms with van der Waals surface area (Å²) in [4.78, 5) is 54.3. The van der Waals surface area contributed by atoms with E-state index in [9.17, 15) is 28.7 Å². The summed E-state index contributed by atoms with van der Waals surface area (Å²) < 4.78 is 19.3. The highest BCUT2D eigenvalue weighted by Crippen LogP contribution is 2.34. The van der Waals surface area contributed by atoms with Crippen LogP contribution in [0.15, 0.2) is 30.4 Å². The number of hydrogen-bond donors (Lipinski definition) is 4. The number of carboxylic acid groups (broad SMARTS) is 1. The van der Waals surface area contributed by atoms with Gasteiger partial charge in [-0.2, -0.15) is 0 Å². The summed E-state index contributed by atoms with van der Waals surface area (Å²) in [5, 5.41) is 14.7. The van der Waals surface area contributed by atoms with Crippen LogP contribution >= 0.6 is 0 Å². The summed E-state index contributed by atoms with van der Waals surface area (Å²) in [7, 11) is 0. The molecule has 4 N–H and O–H groups in total. The normalized spacial score (nSPS) is 18.2. The van der Waals surface area contributed by atoms with Gasteiger partial charge in [-0.25, -0.2) is 9.18 Å². The van der Waals surface area contributed by atoms with Crippen molar-refractivity contribution in [1.82, 2.24) is 15.2 Å². The number of nitrogens with one attached hydrogen (secondary N) is 3. The fraction of sp³-hybridized carbons (Fsp3) is 0.308. The van der Waals surface area contributed by atoms with Crippen LogP contribution in [0.1, 0.15) is 39.8 Å². The van der Waals surface area contributed by atoms with Crippen LogP contribution in [-0.4, -0.2) is 70.5 Å². The molecule has 1 aromatic heterocycles. The van der Waals surface area contributed by atoms with Gasteiger partial charge in [0, 0.05) is 35.8 Å². The standard InChI is InChI=1S/C26H27FN4O6/c1-4-37-21(25(34)31-9-5-6-20(31)26(35)36)12-28-24(33)22-13(2)19(29-14(22)3)11-17-16-10-15(27)7-8-18(16)30-23(17)32/h5-8,10-11,20-21,29H,4,9,12H2,1-3H3,(H,28,33)(H,30,32)(H,35,36)/b17-11-. The number of benzene rings is 1. The molecule has 194 valence electrons. The lowest BCUT2D eigenvalue weighted by atomic mass is 10.0. The molecule has 0 radical (unpaired) electrons. The molecule has 3 heterocycles. The molecule has 2 aromatic rings. The van der Waals surface area contributed by atoms with Gasteiger partial charge in [0.1, 0.15) is 11.9 Å². The molecule has 3 amide bonds. The van der Waals surface area contributed by atoms with Gasteiger partial charge in [-0.1, -0.05) is 12.2 Å². The average molecular weight is 511 g/mol. The number of anilines is 1. The number of nitrogens with zero attached hydrogens (tertiary/aromatic N) is 1. The summed E-state index contributed by atoms with van der Waals surface area (Å²) >= 11 is 0. The maximum absolute atomic E-state index is 13.8. The SMILES string of the molecule is CCOC(CNC(=O)c1c(C)[nH]c(/C=C2\C(=O)Nc3ccc(F)cc32)c1C)C(=O)N1CC=CC1C(=O)O. The number of aryl methyl sites for hydroxylation is 1.